The van der Waals surface area contributed by atoms with Gasteiger partial charge in [0.1, 0.15) is 12.1 Å². The maximum absolute atomic E-state index is 6.03. The van der Waals surface area contributed by atoms with Crippen LogP contribution in [0.5, 0.6) is 0 Å². The number of nitrogens with zero attached hydrogens (tertiary/aromatic N) is 4. The molecule has 0 radical (unpaired) electrons. The fraction of sp³-hybridized carbons (Fsp3) is 0.429. The van der Waals surface area contributed by atoms with Crippen LogP contribution < -0.4 is 4.90 Å². The standard InChI is InChI=1S/C21H23ClN4OS/c22-17-3-1-16(2-4-17)19-11-18-20(28-19)21(24-14-23-18)26-8-6-25(7-9-26)12-15-5-10-27-13-15/h1-4,11,14-15H,5-10,12-13H2. The zero-order valence-corrected chi connectivity index (χ0v) is 17.3. The molecule has 5 rings (SSSR count). The van der Waals surface area contributed by atoms with Crippen LogP contribution in [0.4, 0.5) is 5.82 Å². The molecule has 2 fully saturated rings. The smallest absolute Gasteiger partial charge is 0.150 e. The van der Waals surface area contributed by atoms with Gasteiger partial charge >= 0.3 is 0 Å². The Morgan fingerprint density at radius 1 is 1.11 bits per heavy atom. The Morgan fingerprint density at radius 3 is 2.68 bits per heavy atom. The van der Waals surface area contributed by atoms with Crippen molar-refractivity contribution in [3.05, 3.63) is 41.7 Å². The van der Waals surface area contributed by atoms with Gasteiger partial charge in [0.15, 0.2) is 0 Å². The normalized spacial score (nSPS) is 20.9. The fourth-order valence-corrected chi connectivity index (χ4v) is 5.32. The maximum Gasteiger partial charge on any atom is 0.150 e. The van der Waals surface area contributed by atoms with E-state index in [1.807, 2.05) is 12.1 Å². The number of ether oxygens (including phenoxy) is 1. The van der Waals surface area contributed by atoms with Gasteiger partial charge in [-0.25, -0.2) is 9.97 Å². The maximum atomic E-state index is 6.03. The van der Waals surface area contributed by atoms with Crippen LogP contribution in [0.1, 0.15) is 6.42 Å². The van der Waals surface area contributed by atoms with E-state index in [4.69, 9.17) is 16.3 Å². The molecule has 0 spiro atoms. The highest BCUT2D eigenvalue weighted by atomic mass is 35.5. The molecule has 3 aromatic rings. The SMILES string of the molecule is Clc1ccc(-c2cc3ncnc(N4CCN(CC5CCOC5)CC4)c3s2)cc1. The third kappa shape index (κ3) is 3.74. The average molecular weight is 415 g/mol. The van der Waals surface area contributed by atoms with Crippen LogP contribution in [-0.2, 0) is 4.74 Å². The van der Waals surface area contributed by atoms with E-state index in [1.165, 1.54) is 21.6 Å². The van der Waals surface area contributed by atoms with Gasteiger partial charge in [0, 0.05) is 49.2 Å². The molecule has 0 aliphatic carbocycles. The second kappa shape index (κ2) is 7.95. The number of fused-ring (bicyclic) bond motifs is 1. The zero-order valence-electron chi connectivity index (χ0n) is 15.7. The van der Waals surface area contributed by atoms with Crippen LogP contribution in [0.2, 0.25) is 5.02 Å². The summed E-state index contributed by atoms with van der Waals surface area (Å²) in [6.07, 6.45) is 2.90. The Balaban J connectivity index is 1.34. The minimum atomic E-state index is 0.705. The summed E-state index contributed by atoms with van der Waals surface area (Å²) in [5, 5.41) is 0.757. The highest BCUT2D eigenvalue weighted by Gasteiger charge is 2.24. The Kier molecular flexibility index (Phi) is 5.20. The number of piperazine rings is 1. The average Bonchev–Trinajstić information content (AvgIpc) is 3.38. The van der Waals surface area contributed by atoms with Crippen LogP contribution >= 0.6 is 22.9 Å². The molecule has 1 unspecified atom stereocenters. The summed E-state index contributed by atoms with van der Waals surface area (Å²) in [6, 6.07) is 10.1. The number of hydrogen-bond acceptors (Lipinski definition) is 6. The van der Waals surface area contributed by atoms with E-state index in [0.717, 1.165) is 62.3 Å². The van der Waals surface area contributed by atoms with E-state index < -0.39 is 0 Å². The first-order chi connectivity index (χ1) is 13.8. The van der Waals surface area contributed by atoms with Crippen molar-refractivity contribution < 1.29 is 4.74 Å². The van der Waals surface area contributed by atoms with Gasteiger partial charge in [0.05, 0.1) is 16.8 Å². The van der Waals surface area contributed by atoms with Gasteiger partial charge in [-0.1, -0.05) is 23.7 Å². The van der Waals surface area contributed by atoms with Crippen LogP contribution in [-0.4, -0.2) is 60.8 Å². The molecule has 7 heteroatoms. The molecule has 0 amide bonds. The number of aromatic nitrogens is 2. The second-order valence-corrected chi connectivity index (χ2v) is 9.04. The summed E-state index contributed by atoms with van der Waals surface area (Å²) >= 11 is 7.80. The van der Waals surface area contributed by atoms with E-state index in [9.17, 15) is 0 Å². The third-order valence-electron chi connectivity index (χ3n) is 5.63. The van der Waals surface area contributed by atoms with E-state index in [1.54, 1.807) is 17.7 Å². The van der Waals surface area contributed by atoms with Crippen molar-refractivity contribution in [3.8, 4) is 10.4 Å². The lowest BCUT2D eigenvalue weighted by Crippen LogP contribution is -2.48. The summed E-state index contributed by atoms with van der Waals surface area (Å²) in [5.74, 6) is 1.77. The molecule has 2 aliphatic rings. The minimum absolute atomic E-state index is 0.705. The first kappa shape index (κ1) is 18.3. The predicted molar refractivity (Wildman–Crippen MR) is 115 cm³/mol. The first-order valence-electron chi connectivity index (χ1n) is 9.82. The van der Waals surface area contributed by atoms with E-state index in [-0.39, 0.29) is 0 Å². The molecule has 28 heavy (non-hydrogen) atoms. The lowest BCUT2D eigenvalue weighted by molar-refractivity contribution is 0.164. The molecule has 1 atom stereocenters. The van der Waals surface area contributed by atoms with Crippen molar-refractivity contribution in [2.75, 3.05) is 50.8 Å². The molecule has 1 aromatic carbocycles. The molecule has 0 saturated carbocycles. The molecule has 146 valence electrons. The van der Waals surface area contributed by atoms with Gasteiger partial charge in [0.2, 0.25) is 0 Å². The summed E-state index contributed by atoms with van der Waals surface area (Å²) < 4.78 is 6.69. The van der Waals surface area contributed by atoms with Gasteiger partial charge in [-0.2, -0.15) is 0 Å². The molecule has 2 aromatic heterocycles. The van der Waals surface area contributed by atoms with Crippen molar-refractivity contribution in [1.29, 1.82) is 0 Å². The first-order valence-corrected chi connectivity index (χ1v) is 11.0. The number of halogens is 1. The molecule has 0 bridgehead atoms. The number of benzene rings is 1. The monoisotopic (exact) mass is 414 g/mol. The lowest BCUT2D eigenvalue weighted by atomic mass is 10.1. The summed E-state index contributed by atoms with van der Waals surface area (Å²) in [5.41, 5.74) is 2.19. The van der Waals surface area contributed by atoms with Crippen LogP contribution in [0.3, 0.4) is 0 Å². The molecule has 5 nitrogen and oxygen atoms in total. The molecule has 0 N–H and O–H groups in total. The summed E-state index contributed by atoms with van der Waals surface area (Å²) in [4.78, 5) is 15.3. The Labute approximate surface area is 173 Å². The van der Waals surface area contributed by atoms with Crippen LogP contribution in [0.25, 0.3) is 20.7 Å². The largest absolute Gasteiger partial charge is 0.381 e. The fourth-order valence-electron chi connectivity index (χ4n) is 4.06. The van der Waals surface area contributed by atoms with Gasteiger partial charge in [-0.15, -0.1) is 11.3 Å². The van der Waals surface area contributed by atoms with Gasteiger partial charge in [-0.05, 0) is 36.1 Å². The topological polar surface area (TPSA) is 41.5 Å². The van der Waals surface area contributed by atoms with Crippen molar-refractivity contribution in [1.82, 2.24) is 14.9 Å². The summed E-state index contributed by atoms with van der Waals surface area (Å²) in [7, 11) is 0. The highest BCUT2D eigenvalue weighted by molar-refractivity contribution is 7.22. The number of hydrogen-bond donors (Lipinski definition) is 0. The van der Waals surface area contributed by atoms with Crippen LogP contribution in [0.15, 0.2) is 36.7 Å². The zero-order chi connectivity index (χ0) is 18.9. The summed E-state index contributed by atoms with van der Waals surface area (Å²) in [6.45, 7) is 7.19. The second-order valence-electron chi connectivity index (χ2n) is 7.55. The van der Waals surface area contributed by atoms with Gasteiger partial charge in [0.25, 0.3) is 0 Å². The third-order valence-corrected chi connectivity index (χ3v) is 7.05. The van der Waals surface area contributed by atoms with Crippen molar-refractivity contribution in [3.63, 3.8) is 0 Å². The lowest BCUT2D eigenvalue weighted by Gasteiger charge is -2.36. The van der Waals surface area contributed by atoms with Crippen molar-refractivity contribution in [2.24, 2.45) is 5.92 Å². The van der Waals surface area contributed by atoms with Crippen molar-refractivity contribution in [2.45, 2.75) is 6.42 Å². The molecular formula is C21H23ClN4OS. The van der Waals surface area contributed by atoms with Gasteiger partial charge < -0.3 is 9.64 Å². The number of thiophene rings is 1. The number of rotatable bonds is 4. The predicted octanol–water partition coefficient (Wildman–Crippen LogP) is 4.17. The number of anilines is 1. The van der Waals surface area contributed by atoms with Crippen LogP contribution in [0, 0.1) is 5.92 Å². The molecule has 4 heterocycles. The van der Waals surface area contributed by atoms with Gasteiger partial charge in [-0.3, -0.25) is 4.90 Å². The Morgan fingerprint density at radius 2 is 1.93 bits per heavy atom. The van der Waals surface area contributed by atoms with E-state index in [2.05, 4.69) is 38.0 Å². The molecular weight excluding hydrogens is 392 g/mol. The molecule has 2 saturated heterocycles. The Hall–Kier alpha value is -1.73. The quantitative estimate of drug-likeness (QED) is 0.640. The Bertz CT molecular complexity index is 947. The van der Waals surface area contributed by atoms with E-state index >= 15 is 0 Å². The minimum Gasteiger partial charge on any atom is -0.381 e. The highest BCUT2D eigenvalue weighted by Crippen LogP contribution is 2.37. The van der Waals surface area contributed by atoms with E-state index in [0.29, 0.717) is 5.92 Å². The van der Waals surface area contributed by atoms with Crippen molar-refractivity contribution >= 4 is 39.0 Å². The molecule has 2 aliphatic heterocycles.